The van der Waals surface area contributed by atoms with Gasteiger partial charge in [-0.25, -0.2) is 4.99 Å². The van der Waals surface area contributed by atoms with E-state index < -0.39 is 0 Å². The van der Waals surface area contributed by atoms with E-state index in [0.29, 0.717) is 12.6 Å². The molecule has 3 rings (SSSR count). The van der Waals surface area contributed by atoms with Gasteiger partial charge in [0.05, 0.1) is 0 Å². The Morgan fingerprint density at radius 3 is 2.36 bits per heavy atom. The number of aliphatic imine (C=N–C) groups is 1. The highest BCUT2D eigenvalue weighted by Crippen LogP contribution is 2.27. The van der Waals surface area contributed by atoms with Crippen LogP contribution in [0.4, 0.5) is 0 Å². The van der Waals surface area contributed by atoms with Crippen LogP contribution in [0.2, 0.25) is 0 Å². The Morgan fingerprint density at radius 1 is 1.04 bits per heavy atom. The van der Waals surface area contributed by atoms with E-state index in [1.54, 1.807) is 0 Å². The van der Waals surface area contributed by atoms with Crippen molar-refractivity contribution >= 4 is 29.9 Å². The number of nitrogens with zero attached hydrogens (tertiary/aromatic N) is 4. The van der Waals surface area contributed by atoms with Gasteiger partial charge in [0.15, 0.2) is 11.8 Å². The zero-order chi connectivity index (χ0) is 18.9. The summed E-state index contributed by atoms with van der Waals surface area (Å²) < 4.78 is 2.02. The van der Waals surface area contributed by atoms with E-state index in [-0.39, 0.29) is 24.0 Å². The van der Waals surface area contributed by atoms with E-state index in [1.807, 2.05) is 18.5 Å². The van der Waals surface area contributed by atoms with Crippen molar-refractivity contribution in [2.45, 2.75) is 96.6 Å². The molecular weight excluding hydrogens is 463 g/mol. The Morgan fingerprint density at radius 2 is 1.71 bits per heavy atom. The van der Waals surface area contributed by atoms with Crippen LogP contribution in [0.15, 0.2) is 4.99 Å². The fourth-order valence-corrected chi connectivity index (χ4v) is 4.40. The normalized spacial score (nSPS) is 19.3. The quantitative estimate of drug-likeness (QED) is 0.250. The molecule has 2 N–H and O–H groups in total. The van der Waals surface area contributed by atoms with Crippen molar-refractivity contribution in [1.82, 2.24) is 25.4 Å². The van der Waals surface area contributed by atoms with Crippen molar-refractivity contribution < 1.29 is 0 Å². The molecule has 0 atom stereocenters. The molecular formula is C21H39IN6. The van der Waals surface area contributed by atoms with E-state index in [4.69, 9.17) is 4.99 Å². The van der Waals surface area contributed by atoms with Gasteiger partial charge in [0.25, 0.3) is 0 Å². The van der Waals surface area contributed by atoms with Gasteiger partial charge in [-0.1, -0.05) is 51.4 Å². The summed E-state index contributed by atoms with van der Waals surface area (Å²) in [7, 11) is 2.01. The summed E-state index contributed by atoms with van der Waals surface area (Å²) >= 11 is 0. The zero-order valence-corrected chi connectivity index (χ0v) is 20.1. The second-order valence-electron chi connectivity index (χ2n) is 8.44. The topological polar surface area (TPSA) is 67.1 Å². The molecule has 2 fully saturated rings. The molecule has 0 radical (unpaired) electrons. The van der Waals surface area contributed by atoms with Gasteiger partial charge in [0.2, 0.25) is 0 Å². The summed E-state index contributed by atoms with van der Waals surface area (Å²) in [5.74, 6) is 3.75. The molecule has 0 aromatic carbocycles. The Kier molecular flexibility index (Phi) is 10.6. The molecule has 0 spiro atoms. The van der Waals surface area contributed by atoms with Gasteiger partial charge in [-0.05, 0) is 38.5 Å². The minimum absolute atomic E-state index is 0. The van der Waals surface area contributed by atoms with Crippen LogP contribution in [0.1, 0.15) is 88.7 Å². The molecule has 2 saturated carbocycles. The van der Waals surface area contributed by atoms with Gasteiger partial charge >= 0.3 is 0 Å². The first kappa shape index (κ1) is 23.4. The highest BCUT2D eigenvalue weighted by atomic mass is 127. The Labute approximate surface area is 187 Å². The van der Waals surface area contributed by atoms with Crippen molar-refractivity contribution in [3.63, 3.8) is 0 Å². The van der Waals surface area contributed by atoms with E-state index in [2.05, 4.69) is 20.8 Å². The molecule has 0 unspecified atom stereocenters. The molecule has 2 aliphatic carbocycles. The lowest BCUT2D eigenvalue weighted by molar-refractivity contribution is 0.332. The van der Waals surface area contributed by atoms with Gasteiger partial charge in [-0.2, -0.15) is 0 Å². The summed E-state index contributed by atoms with van der Waals surface area (Å²) in [6.45, 7) is 3.56. The predicted molar refractivity (Wildman–Crippen MR) is 126 cm³/mol. The summed E-state index contributed by atoms with van der Waals surface area (Å²) in [6.07, 6.45) is 16.3. The monoisotopic (exact) mass is 502 g/mol. The molecule has 160 valence electrons. The number of nitrogens with one attached hydrogen (secondary N) is 2. The SMILES string of the molecule is Cc1nnc(CN=C(NCCCC2CCCCC2)NC2CCCCC2)n1C.I. The third-order valence-electron chi connectivity index (χ3n) is 6.31. The first-order valence-corrected chi connectivity index (χ1v) is 11.1. The van der Waals surface area contributed by atoms with Gasteiger partial charge in [0.1, 0.15) is 12.4 Å². The van der Waals surface area contributed by atoms with Crippen LogP contribution < -0.4 is 10.6 Å². The highest BCUT2D eigenvalue weighted by Gasteiger charge is 2.16. The fourth-order valence-electron chi connectivity index (χ4n) is 4.40. The maximum absolute atomic E-state index is 4.82. The van der Waals surface area contributed by atoms with Crippen LogP contribution in [0.5, 0.6) is 0 Å². The number of aryl methyl sites for hydroxylation is 1. The Hall–Kier alpha value is -0.860. The van der Waals surface area contributed by atoms with Crippen LogP contribution in [-0.4, -0.2) is 33.3 Å². The molecule has 0 bridgehead atoms. The van der Waals surface area contributed by atoms with Gasteiger partial charge in [-0.15, -0.1) is 34.2 Å². The van der Waals surface area contributed by atoms with E-state index in [0.717, 1.165) is 30.1 Å². The van der Waals surface area contributed by atoms with Crippen LogP contribution in [0.3, 0.4) is 0 Å². The lowest BCUT2D eigenvalue weighted by Gasteiger charge is -2.25. The minimum atomic E-state index is 0. The zero-order valence-electron chi connectivity index (χ0n) is 17.8. The van der Waals surface area contributed by atoms with Crippen molar-refractivity contribution in [2.75, 3.05) is 6.54 Å². The first-order valence-electron chi connectivity index (χ1n) is 11.1. The van der Waals surface area contributed by atoms with Crippen molar-refractivity contribution in [3.8, 4) is 0 Å². The third kappa shape index (κ3) is 7.52. The molecule has 28 heavy (non-hydrogen) atoms. The molecule has 2 aliphatic rings. The average molecular weight is 502 g/mol. The Bertz CT molecular complexity index is 588. The number of halogens is 1. The lowest BCUT2D eigenvalue weighted by Crippen LogP contribution is -2.44. The number of aromatic nitrogens is 3. The van der Waals surface area contributed by atoms with Crippen molar-refractivity contribution in [3.05, 3.63) is 11.6 Å². The molecule has 0 aliphatic heterocycles. The van der Waals surface area contributed by atoms with E-state index in [9.17, 15) is 0 Å². The summed E-state index contributed by atoms with van der Waals surface area (Å²) in [5, 5.41) is 15.6. The summed E-state index contributed by atoms with van der Waals surface area (Å²) in [6, 6.07) is 0.560. The van der Waals surface area contributed by atoms with Crippen molar-refractivity contribution in [1.29, 1.82) is 0 Å². The van der Waals surface area contributed by atoms with E-state index >= 15 is 0 Å². The highest BCUT2D eigenvalue weighted by molar-refractivity contribution is 14.0. The summed E-state index contributed by atoms with van der Waals surface area (Å²) in [4.78, 5) is 4.82. The van der Waals surface area contributed by atoms with Crippen molar-refractivity contribution in [2.24, 2.45) is 18.0 Å². The predicted octanol–water partition coefficient (Wildman–Crippen LogP) is 4.47. The van der Waals surface area contributed by atoms with E-state index in [1.165, 1.54) is 77.0 Å². The average Bonchev–Trinajstić information content (AvgIpc) is 3.03. The smallest absolute Gasteiger partial charge is 0.191 e. The number of guanidine groups is 1. The molecule has 0 saturated heterocycles. The van der Waals surface area contributed by atoms with Gasteiger partial charge < -0.3 is 15.2 Å². The van der Waals surface area contributed by atoms with Gasteiger partial charge in [-0.3, -0.25) is 0 Å². The molecule has 7 heteroatoms. The maximum atomic E-state index is 4.82. The second kappa shape index (κ2) is 12.6. The number of rotatable bonds is 7. The Balaban J connectivity index is 0.00000280. The lowest BCUT2D eigenvalue weighted by atomic mass is 9.86. The maximum Gasteiger partial charge on any atom is 0.191 e. The summed E-state index contributed by atoms with van der Waals surface area (Å²) in [5.41, 5.74) is 0. The molecule has 0 amide bonds. The molecule has 1 aromatic rings. The number of hydrogen-bond donors (Lipinski definition) is 2. The molecule has 1 heterocycles. The van der Waals surface area contributed by atoms with Crippen LogP contribution in [0, 0.1) is 12.8 Å². The van der Waals surface area contributed by atoms with Crippen LogP contribution >= 0.6 is 24.0 Å². The van der Waals surface area contributed by atoms with Crippen LogP contribution in [0.25, 0.3) is 0 Å². The van der Waals surface area contributed by atoms with Crippen LogP contribution in [-0.2, 0) is 13.6 Å². The molecule has 6 nitrogen and oxygen atoms in total. The third-order valence-corrected chi connectivity index (χ3v) is 6.31. The minimum Gasteiger partial charge on any atom is -0.356 e. The largest absolute Gasteiger partial charge is 0.356 e. The second-order valence-corrected chi connectivity index (χ2v) is 8.44. The first-order chi connectivity index (χ1) is 13.2. The fraction of sp³-hybridized carbons (Fsp3) is 0.857. The number of hydrogen-bond acceptors (Lipinski definition) is 3. The standard InChI is InChI=1S/C21H38N6.HI/c1-17-25-26-20(27(17)2)16-23-21(24-19-13-7-4-8-14-19)22-15-9-12-18-10-5-3-6-11-18;/h18-19H,3-16H2,1-2H3,(H2,22,23,24);1H. The molecule has 1 aromatic heterocycles. The van der Waals surface area contributed by atoms with Gasteiger partial charge in [0, 0.05) is 19.6 Å².